The van der Waals surface area contributed by atoms with Crippen LogP contribution in [-0.2, 0) is 13.6 Å². The number of aryl methyl sites for hydroxylation is 2. The van der Waals surface area contributed by atoms with Crippen molar-refractivity contribution in [1.82, 2.24) is 14.1 Å². The molecule has 2 rings (SSSR count). The highest BCUT2D eigenvalue weighted by Crippen LogP contribution is 2.14. The predicted octanol–water partition coefficient (Wildman–Crippen LogP) is 1.51. The fraction of sp³-hybridized carbons (Fsp3) is 0.250. The molecule has 100 valence electrons. The third-order valence-electron chi connectivity index (χ3n) is 2.69. The molecule has 0 saturated heterocycles. The van der Waals surface area contributed by atoms with Crippen LogP contribution in [0.15, 0.2) is 29.5 Å². The fourth-order valence-electron chi connectivity index (χ4n) is 1.68. The molecule has 0 unspecified atom stereocenters. The summed E-state index contributed by atoms with van der Waals surface area (Å²) in [6.07, 6.45) is 4.62. The molecule has 0 spiro atoms. The topological polar surface area (TPSA) is 68.9 Å². The van der Waals surface area contributed by atoms with Gasteiger partial charge in [-0.05, 0) is 13.0 Å². The minimum absolute atomic E-state index is 0.00465. The van der Waals surface area contributed by atoms with Crippen LogP contribution < -0.4 is 10.9 Å². The lowest BCUT2D eigenvalue weighted by molar-refractivity contribution is 0.101. The Morgan fingerprint density at radius 1 is 1.53 bits per heavy atom. The van der Waals surface area contributed by atoms with Crippen LogP contribution in [0.1, 0.15) is 17.4 Å². The Morgan fingerprint density at radius 2 is 2.26 bits per heavy atom. The van der Waals surface area contributed by atoms with E-state index < -0.39 is 5.91 Å². The van der Waals surface area contributed by atoms with Gasteiger partial charge >= 0.3 is 0 Å². The van der Waals surface area contributed by atoms with Crippen LogP contribution in [0.4, 0.5) is 5.82 Å². The third-order valence-corrected chi connectivity index (χ3v) is 2.89. The Morgan fingerprint density at radius 3 is 2.95 bits per heavy atom. The molecule has 0 fully saturated rings. The van der Waals surface area contributed by atoms with Gasteiger partial charge in [0.05, 0.1) is 5.02 Å². The number of nitrogens with one attached hydrogen (secondary N) is 1. The summed E-state index contributed by atoms with van der Waals surface area (Å²) in [6, 6.07) is 1.55. The highest BCUT2D eigenvalue weighted by molar-refractivity contribution is 6.31. The van der Waals surface area contributed by atoms with Crippen LogP contribution in [0.5, 0.6) is 0 Å². The van der Waals surface area contributed by atoms with Crippen molar-refractivity contribution in [2.75, 3.05) is 5.32 Å². The van der Waals surface area contributed by atoms with Gasteiger partial charge in [-0.3, -0.25) is 9.59 Å². The SMILES string of the molecule is CCn1cc(Cl)cc1C(=O)Nc1nccn(C)c1=O. The van der Waals surface area contributed by atoms with Gasteiger partial charge in [-0.15, -0.1) is 0 Å². The van der Waals surface area contributed by atoms with Gasteiger partial charge < -0.3 is 14.5 Å². The van der Waals surface area contributed by atoms with Crippen molar-refractivity contribution in [2.24, 2.45) is 7.05 Å². The monoisotopic (exact) mass is 280 g/mol. The largest absolute Gasteiger partial charge is 0.342 e. The van der Waals surface area contributed by atoms with Gasteiger partial charge in [0.2, 0.25) is 0 Å². The van der Waals surface area contributed by atoms with E-state index in [-0.39, 0.29) is 11.4 Å². The van der Waals surface area contributed by atoms with E-state index in [4.69, 9.17) is 11.6 Å². The summed E-state index contributed by atoms with van der Waals surface area (Å²) in [4.78, 5) is 27.7. The van der Waals surface area contributed by atoms with Gasteiger partial charge in [0.1, 0.15) is 5.69 Å². The lowest BCUT2D eigenvalue weighted by atomic mass is 10.4. The molecule has 2 aromatic heterocycles. The van der Waals surface area contributed by atoms with E-state index in [1.807, 2.05) is 6.92 Å². The van der Waals surface area contributed by atoms with Crippen LogP contribution in [0.2, 0.25) is 5.02 Å². The number of hydrogen-bond acceptors (Lipinski definition) is 3. The molecule has 0 aliphatic carbocycles. The molecule has 0 aromatic carbocycles. The summed E-state index contributed by atoms with van der Waals surface area (Å²) in [6.45, 7) is 2.50. The normalized spacial score (nSPS) is 10.5. The van der Waals surface area contributed by atoms with Gasteiger partial charge in [-0.2, -0.15) is 0 Å². The van der Waals surface area contributed by atoms with Gasteiger partial charge in [-0.25, -0.2) is 4.98 Å². The summed E-state index contributed by atoms with van der Waals surface area (Å²) in [5.41, 5.74) is 0.0248. The molecular weight excluding hydrogens is 268 g/mol. The maximum Gasteiger partial charge on any atom is 0.293 e. The highest BCUT2D eigenvalue weighted by Gasteiger charge is 2.14. The van der Waals surface area contributed by atoms with Crippen molar-refractivity contribution in [2.45, 2.75) is 13.5 Å². The molecule has 7 heteroatoms. The molecule has 19 heavy (non-hydrogen) atoms. The second-order valence-electron chi connectivity index (χ2n) is 3.98. The molecule has 2 heterocycles. The Hall–Kier alpha value is -2.08. The van der Waals surface area contributed by atoms with Gasteiger partial charge in [0, 0.05) is 32.2 Å². The van der Waals surface area contributed by atoms with E-state index in [0.29, 0.717) is 17.3 Å². The summed E-state index contributed by atoms with van der Waals surface area (Å²) in [5.74, 6) is -0.417. The number of nitrogens with zero attached hydrogens (tertiary/aromatic N) is 3. The smallest absolute Gasteiger partial charge is 0.293 e. The van der Waals surface area contributed by atoms with Crippen molar-refractivity contribution in [1.29, 1.82) is 0 Å². The molecule has 6 nitrogen and oxygen atoms in total. The summed E-state index contributed by atoms with van der Waals surface area (Å²) >= 11 is 5.87. The van der Waals surface area contributed by atoms with Crippen molar-refractivity contribution in [3.63, 3.8) is 0 Å². The van der Waals surface area contributed by atoms with Crippen molar-refractivity contribution in [3.8, 4) is 0 Å². The first-order valence-corrected chi connectivity index (χ1v) is 6.09. The zero-order chi connectivity index (χ0) is 14.0. The number of amides is 1. The van der Waals surface area contributed by atoms with Crippen LogP contribution in [0, 0.1) is 0 Å². The third kappa shape index (κ3) is 2.68. The molecule has 1 amide bonds. The number of rotatable bonds is 3. The fourth-order valence-corrected chi connectivity index (χ4v) is 1.90. The maximum atomic E-state index is 12.1. The van der Waals surface area contributed by atoms with E-state index in [0.717, 1.165) is 0 Å². The lowest BCUT2D eigenvalue weighted by Crippen LogP contribution is -2.26. The average molecular weight is 281 g/mol. The van der Waals surface area contributed by atoms with E-state index >= 15 is 0 Å². The molecular formula is C12H13ClN4O2. The number of hydrogen-bond donors (Lipinski definition) is 1. The van der Waals surface area contributed by atoms with Gasteiger partial charge in [0.25, 0.3) is 11.5 Å². The van der Waals surface area contributed by atoms with E-state index in [1.165, 1.54) is 17.0 Å². The average Bonchev–Trinajstić information content (AvgIpc) is 2.76. The summed E-state index contributed by atoms with van der Waals surface area (Å²) < 4.78 is 3.04. The number of carbonyl (C=O) groups excluding carboxylic acids is 1. The van der Waals surface area contributed by atoms with Crippen LogP contribution >= 0.6 is 11.6 Å². The second-order valence-corrected chi connectivity index (χ2v) is 4.41. The molecule has 2 aromatic rings. The van der Waals surface area contributed by atoms with E-state index in [1.54, 1.807) is 23.9 Å². The van der Waals surface area contributed by atoms with Crippen LogP contribution in [0.3, 0.4) is 0 Å². The molecule has 0 saturated carbocycles. The highest BCUT2D eigenvalue weighted by atomic mass is 35.5. The molecule has 0 aliphatic rings. The Bertz CT molecular complexity index is 675. The standard InChI is InChI=1S/C12H13ClN4O2/c1-3-17-7-8(13)6-9(17)11(18)15-10-12(19)16(2)5-4-14-10/h4-7H,3H2,1-2H3,(H,14,15,18). The Kier molecular flexibility index (Phi) is 3.71. The Balaban J connectivity index is 2.31. The number of aromatic nitrogens is 3. The first-order valence-electron chi connectivity index (χ1n) is 5.71. The predicted molar refractivity (Wildman–Crippen MR) is 72.5 cm³/mol. The maximum absolute atomic E-state index is 12.1. The van der Waals surface area contributed by atoms with Crippen LogP contribution in [-0.4, -0.2) is 20.0 Å². The Labute approximate surface area is 114 Å². The number of carbonyl (C=O) groups is 1. The molecule has 0 atom stereocenters. The van der Waals surface area contributed by atoms with Gasteiger partial charge in [-0.1, -0.05) is 11.6 Å². The van der Waals surface area contributed by atoms with Crippen molar-refractivity contribution < 1.29 is 4.79 Å². The summed E-state index contributed by atoms with van der Waals surface area (Å²) in [5, 5.41) is 2.97. The second kappa shape index (κ2) is 5.27. The minimum Gasteiger partial charge on any atom is -0.342 e. The van der Waals surface area contributed by atoms with Crippen LogP contribution in [0.25, 0.3) is 0 Å². The van der Waals surface area contributed by atoms with Gasteiger partial charge in [0.15, 0.2) is 5.82 Å². The van der Waals surface area contributed by atoms with Crippen molar-refractivity contribution >= 4 is 23.3 Å². The quantitative estimate of drug-likeness (QED) is 0.926. The lowest BCUT2D eigenvalue weighted by Gasteiger charge is -2.07. The first-order chi connectivity index (χ1) is 9.02. The molecule has 0 aliphatic heterocycles. The number of halogens is 1. The molecule has 0 bridgehead atoms. The minimum atomic E-state index is -0.412. The number of anilines is 1. The molecule has 1 N–H and O–H groups in total. The van der Waals surface area contributed by atoms with Crippen molar-refractivity contribution in [3.05, 3.63) is 45.7 Å². The van der Waals surface area contributed by atoms with E-state index in [2.05, 4.69) is 10.3 Å². The first kappa shape index (κ1) is 13.4. The molecule has 0 radical (unpaired) electrons. The summed E-state index contributed by atoms with van der Waals surface area (Å²) in [7, 11) is 1.59. The van der Waals surface area contributed by atoms with E-state index in [9.17, 15) is 9.59 Å². The zero-order valence-corrected chi connectivity index (χ0v) is 11.3. The zero-order valence-electron chi connectivity index (χ0n) is 10.6.